The summed E-state index contributed by atoms with van der Waals surface area (Å²) in [6.07, 6.45) is 2.17. The van der Waals surface area contributed by atoms with E-state index >= 15 is 0 Å². The summed E-state index contributed by atoms with van der Waals surface area (Å²) in [4.78, 5) is 29.1. The molecule has 0 saturated heterocycles. The van der Waals surface area contributed by atoms with Crippen molar-refractivity contribution in [3.05, 3.63) is 69.1 Å². The van der Waals surface area contributed by atoms with Crippen molar-refractivity contribution < 1.29 is 4.79 Å². The highest BCUT2D eigenvalue weighted by Crippen LogP contribution is 2.28. The zero-order chi connectivity index (χ0) is 15.7. The van der Waals surface area contributed by atoms with Gasteiger partial charge in [-0.2, -0.15) is 0 Å². The molecule has 3 aromatic rings. The highest BCUT2D eigenvalue weighted by Gasteiger charge is 2.14. The molecule has 0 unspecified atom stereocenters. The minimum atomic E-state index is -0.361. The average Bonchev–Trinajstić information content (AvgIpc) is 2.51. The first-order chi connectivity index (χ1) is 10.6. The van der Waals surface area contributed by atoms with Crippen LogP contribution in [0, 0.1) is 6.92 Å². The minimum absolute atomic E-state index is 0.0584. The zero-order valence-electron chi connectivity index (χ0n) is 11.6. The lowest BCUT2D eigenvalue weighted by atomic mass is 10.3. The number of fused-ring (bicyclic) bond motifs is 1. The molecule has 110 valence electrons. The summed E-state index contributed by atoms with van der Waals surface area (Å²) in [5.74, 6) is 0. The predicted octanol–water partition coefficient (Wildman–Crippen LogP) is 3.62. The van der Waals surface area contributed by atoms with E-state index in [0.717, 1.165) is 10.5 Å². The third kappa shape index (κ3) is 2.65. The molecule has 0 aliphatic carbocycles. The Morgan fingerprint density at radius 1 is 1.23 bits per heavy atom. The summed E-state index contributed by atoms with van der Waals surface area (Å²) in [6.45, 7) is 1.87. The van der Waals surface area contributed by atoms with Crippen molar-refractivity contribution in [2.24, 2.45) is 0 Å². The van der Waals surface area contributed by atoms with E-state index in [2.05, 4.69) is 4.98 Å². The quantitative estimate of drug-likeness (QED) is 0.543. The normalized spacial score (nSPS) is 10.8. The number of nitrogens with zero attached hydrogens (tertiary/aromatic N) is 2. The average molecular weight is 331 g/mol. The summed E-state index contributed by atoms with van der Waals surface area (Å²) in [6, 6.07) is 10.8. The first kappa shape index (κ1) is 14.8. The number of halogens is 1. The van der Waals surface area contributed by atoms with Gasteiger partial charge in [0.25, 0.3) is 5.56 Å². The maximum absolute atomic E-state index is 12.4. The second-order valence-corrected chi connectivity index (χ2v) is 6.19. The molecule has 0 aliphatic heterocycles. The summed E-state index contributed by atoms with van der Waals surface area (Å²) in [7, 11) is 0. The van der Waals surface area contributed by atoms with Crippen LogP contribution in [-0.4, -0.2) is 15.7 Å². The molecule has 0 N–H and O–H groups in total. The molecule has 2 heterocycles. The Morgan fingerprint density at radius 3 is 2.64 bits per heavy atom. The van der Waals surface area contributed by atoms with Crippen molar-refractivity contribution in [1.82, 2.24) is 9.38 Å². The van der Waals surface area contributed by atoms with Gasteiger partial charge in [0.15, 0.2) is 6.29 Å². The molecule has 0 aliphatic rings. The van der Waals surface area contributed by atoms with Gasteiger partial charge in [-0.1, -0.05) is 29.4 Å². The SMILES string of the molecule is Cc1cccn2c(=O)c(C=O)c(Sc3ccc(Cl)cc3)nc12. The Balaban J connectivity index is 2.20. The van der Waals surface area contributed by atoms with Crippen LogP contribution in [0.15, 0.2) is 57.3 Å². The third-order valence-electron chi connectivity index (χ3n) is 3.20. The summed E-state index contributed by atoms with van der Waals surface area (Å²) < 4.78 is 1.39. The number of rotatable bonds is 3. The first-order valence-corrected chi connectivity index (χ1v) is 7.70. The van der Waals surface area contributed by atoms with Crippen molar-refractivity contribution in [2.75, 3.05) is 0 Å². The second-order valence-electron chi connectivity index (χ2n) is 4.69. The molecule has 0 radical (unpaired) electrons. The molecule has 2 aromatic heterocycles. The smallest absolute Gasteiger partial charge is 0.269 e. The molecule has 0 amide bonds. The van der Waals surface area contributed by atoms with E-state index in [-0.39, 0.29) is 11.1 Å². The van der Waals surface area contributed by atoms with E-state index in [9.17, 15) is 9.59 Å². The number of hydrogen-bond acceptors (Lipinski definition) is 4. The van der Waals surface area contributed by atoms with Crippen LogP contribution in [0.3, 0.4) is 0 Å². The van der Waals surface area contributed by atoms with Gasteiger partial charge in [-0.15, -0.1) is 0 Å². The van der Waals surface area contributed by atoms with Crippen LogP contribution in [0.2, 0.25) is 5.02 Å². The molecule has 0 atom stereocenters. The lowest BCUT2D eigenvalue weighted by Gasteiger charge is -2.08. The summed E-state index contributed by atoms with van der Waals surface area (Å²) >= 11 is 7.13. The maximum Gasteiger partial charge on any atom is 0.269 e. The van der Waals surface area contributed by atoms with Crippen LogP contribution in [-0.2, 0) is 0 Å². The number of aldehydes is 1. The number of aromatic nitrogens is 2. The zero-order valence-corrected chi connectivity index (χ0v) is 13.2. The van der Waals surface area contributed by atoms with E-state index in [4.69, 9.17) is 11.6 Å². The maximum atomic E-state index is 12.4. The minimum Gasteiger partial charge on any atom is -0.298 e. The van der Waals surface area contributed by atoms with Crippen molar-refractivity contribution in [3.8, 4) is 0 Å². The van der Waals surface area contributed by atoms with E-state index < -0.39 is 0 Å². The molecule has 0 fully saturated rings. The van der Waals surface area contributed by atoms with Gasteiger partial charge in [0.2, 0.25) is 0 Å². The summed E-state index contributed by atoms with van der Waals surface area (Å²) in [5.41, 5.74) is 1.12. The van der Waals surface area contributed by atoms with E-state index in [1.165, 1.54) is 16.2 Å². The molecule has 4 nitrogen and oxygen atoms in total. The highest BCUT2D eigenvalue weighted by atomic mass is 35.5. The van der Waals surface area contributed by atoms with Crippen LogP contribution in [0.25, 0.3) is 5.65 Å². The monoisotopic (exact) mass is 330 g/mol. The fourth-order valence-corrected chi connectivity index (χ4v) is 3.08. The predicted molar refractivity (Wildman–Crippen MR) is 87.2 cm³/mol. The summed E-state index contributed by atoms with van der Waals surface area (Å²) in [5, 5.41) is 1.03. The lowest BCUT2D eigenvalue weighted by molar-refractivity contribution is 0.111. The Morgan fingerprint density at radius 2 is 1.95 bits per heavy atom. The van der Waals surface area contributed by atoms with Crippen LogP contribution in [0.4, 0.5) is 0 Å². The van der Waals surface area contributed by atoms with E-state index in [1.54, 1.807) is 24.4 Å². The molecule has 3 rings (SSSR count). The number of pyridine rings is 1. The van der Waals surface area contributed by atoms with Crippen molar-refractivity contribution in [2.45, 2.75) is 16.8 Å². The number of aryl methyl sites for hydroxylation is 1. The van der Waals surface area contributed by atoms with Gasteiger partial charge in [0.05, 0.1) is 0 Å². The Hall–Kier alpha value is -2.11. The Kier molecular flexibility index (Phi) is 4.00. The van der Waals surface area contributed by atoms with Crippen LogP contribution < -0.4 is 5.56 Å². The molecule has 22 heavy (non-hydrogen) atoms. The number of carbonyl (C=O) groups is 1. The van der Waals surface area contributed by atoms with Crippen molar-refractivity contribution in [1.29, 1.82) is 0 Å². The number of hydrogen-bond donors (Lipinski definition) is 0. The van der Waals surface area contributed by atoms with E-state index in [1.807, 2.05) is 25.1 Å². The van der Waals surface area contributed by atoms with Crippen LogP contribution in [0.5, 0.6) is 0 Å². The molecule has 6 heteroatoms. The molecule has 1 aromatic carbocycles. The second kappa shape index (κ2) is 5.94. The topological polar surface area (TPSA) is 51.4 Å². The standard InChI is InChI=1S/C16H11ClN2O2S/c1-10-3-2-8-19-14(10)18-15(13(9-20)16(19)21)22-12-6-4-11(17)5-7-12/h2-9H,1H3. The van der Waals surface area contributed by atoms with Gasteiger partial charge in [-0.05, 0) is 42.8 Å². The van der Waals surface area contributed by atoms with Crippen LogP contribution in [0.1, 0.15) is 15.9 Å². The molecule has 0 bridgehead atoms. The van der Waals surface area contributed by atoms with Crippen molar-refractivity contribution >= 4 is 35.3 Å². The fraction of sp³-hybridized carbons (Fsp3) is 0.0625. The third-order valence-corrected chi connectivity index (χ3v) is 4.46. The van der Waals surface area contributed by atoms with Gasteiger partial charge in [0, 0.05) is 16.1 Å². The number of carbonyl (C=O) groups excluding carboxylic acids is 1. The molecule has 0 saturated carbocycles. The van der Waals surface area contributed by atoms with E-state index in [0.29, 0.717) is 22.0 Å². The fourth-order valence-electron chi connectivity index (χ4n) is 2.09. The molecule has 0 spiro atoms. The van der Waals surface area contributed by atoms with Gasteiger partial charge >= 0.3 is 0 Å². The van der Waals surface area contributed by atoms with Gasteiger partial charge in [-0.25, -0.2) is 4.98 Å². The van der Waals surface area contributed by atoms with Crippen molar-refractivity contribution in [3.63, 3.8) is 0 Å². The first-order valence-electron chi connectivity index (χ1n) is 6.51. The largest absolute Gasteiger partial charge is 0.298 e. The Labute approximate surface area is 135 Å². The Bertz CT molecular complexity index is 920. The molecular weight excluding hydrogens is 320 g/mol. The molecular formula is C16H11ClN2O2S. The van der Waals surface area contributed by atoms with Crippen LogP contribution >= 0.6 is 23.4 Å². The lowest BCUT2D eigenvalue weighted by Crippen LogP contribution is -2.21. The van der Waals surface area contributed by atoms with Gasteiger partial charge in [0.1, 0.15) is 16.2 Å². The number of benzene rings is 1. The van der Waals surface area contributed by atoms with Gasteiger partial charge < -0.3 is 0 Å². The highest BCUT2D eigenvalue weighted by molar-refractivity contribution is 7.99. The van der Waals surface area contributed by atoms with Gasteiger partial charge in [-0.3, -0.25) is 14.0 Å².